The van der Waals surface area contributed by atoms with Crippen LogP contribution >= 0.6 is 0 Å². The first-order chi connectivity index (χ1) is 8.58. The van der Waals surface area contributed by atoms with Crippen LogP contribution in [0.5, 0.6) is 0 Å². The van der Waals surface area contributed by atoms with E-state index >= 15 is 0 Å². The maximum absolute atomic E-state index is 11.8. The van der Waals surface area contributed by atoms with Crippen molar-refractivity contribution >= 4 is 17.3 Å². The van der Waals surface area contributed by atoms with Crippen LogP contribution in [-0.2, 0) is 7.05 Å². The monoisotopic (exact) mass is 247 g/mol. The van der Waals surface area contributed by atoms with Gasteiger partial charge < -0.3 is 5.32 Å². The summed E-state index contributed by atoms with van der Waals surface area (Å²) < 4.78 is 1.22. The summed E-state index contributed by atoms with van der Waals surface area (Å²) in [6, 6.07) is 3.15. The van der Waals surface area contributed by atoms with Gasteiger partial charge in [0.05, 0.1) is 4.92 Å². The highest BCUT2D eigenvalue weighted by molar-refractivity contribution is 6.05. The van der Waals surface area contributed by atoms with Gasteiger partial charge in [0.25, 0.3) is 5.91 Å². The van der Waals surface area contributed by atoms with E-state index in [2.05, 4.69) is 15.4 Å². The van der Waals surface area contributed by atoms with Crippen molar-refractivity contribution in [3.63, 3.8) is 0 Å². The van der Waals surface area contributed by atoms with Crippen LogP contribution in [-0.4, -0.2) is 25.6 Å². The molecule has 2 heterocycles. The van der Waals surface area contributed by atoms with Gasteiger partial charge in [0, 0.05) is 25.1 Å². The third-order valence-corrected chi connectivity index (χ3v) is 2.16. The lowest BCUT2D eigenvalue weighted by molar-refractivity contribution is -0.385. The molecule has 18 heavy (non-hydrogen) atoms. The fraction of sp³-hybridized carbons (Fsp3) is 0.100. The van der Waals surface area contributed by atoms with Crippen molar-refractivity contribution in [2.75, 3.05) is 5.32 Å². The maximum atomic E-state index is 11.8. The lowest BCUT2D eigenvalue weighted by atomic mass is 10.3. The molecule has 2 aromatic heterocycles. The molecular weight excluding hydrogens is 238 g/mol. The minimum atomic E-state index is -0.644. The summed E-state index contributed by atoms with van der Waals surface area (Å²) in [6.07, 6.45) is 4.19. The van der Waals surface area contributed by atoms with Crippen molar-refractivity contribution in [1.29, 1.82) is 0 Å². The summed E-state index contributed by atoms with van der Waals surface area (Å²) in [4.78, 5) is 25.7. The van der Waals surface area contributed by atoms with Crippen LogP contribution in [0.25, 0.3) is 0 Å². The smallest absolute Gasteiger partial charge is 0.320 e. The predicted molar refractivity (Wildman–Crippen MR) is 62.1 cm³/mol. The first-order valence-electron chi connectivity index (χ1n) is 4.97. The van der Waals surface area contributed by atoms with Gasteiger partial charge in [-0.15, -0.1) is 0 Å². The van der Waals surface area contributed by atoms with E-state index in [1.165, 1.54) is 30.3 Å². The first-order valence-corrected chi connectivity index (χ1v) is 4.97. The molecule has 0 radical (unpaired) electrons. The van der Waals surface area contributed by atoms with Crippen molar-refractivity contribution in [2.45, 2.75) is 0 Å². The Balaban J connectivity index is 2.27. The van der Waals surface area contributed by atoms with E-state index in [0.717, 1.165) is 0 Å². The normalized spacial score (nSPS) is 10.1. The van der Waals surface area contributed by atoms with Crippen LogP contribution < -0.4 is 5.32 Å². The van der Waals surface area contributed by atoms with Gasteiger partial charge in [-0.1, -0.05) is 0 Å². The summed E-state index contributed by atoms with van der Waals surface area (Å²) in [6.45, 7) is 0. The van der Waals surface area contributed by atoms with Gasteiger partial charge >= 0.3 is 5.69 Å². The number of anilines is 1. The Kier molecular flexibility index (Phi) is 3.00. The molecule has 0 aliphatic heterocycles. The molecule has 1 amide bonds. The molecule has 0 saturated carbocycles. The molecule has 2 aromatic rings. The van der Waals surface area contributed by atoms with Crippen LogP contribution in [0.2, 0.25) is 0 Å². The number of nitrogens with zero attached hydrogens (tertiary/aromatic N) is 4. The summed E-state index contributed by atoms with van der Waals surface area (Å²) in [5.74, 6) is -0.631. The van der Waals surface area contributed by atoms with Gasteiger partial charge in [-0.05, 0) is 12.1 Å². The van der Waals surface area contributed by atoms with E-state index < -0.39 is 10.8 Å². The molecule has 2 rings (SSSR count). The second-order valence-electron chi connectivity index (χ2n) is 3.48. The van der Waals surface area contributed by atoms with Crippen LogP contribution in [0.4, 0.5) is 11.4 Å². The fourth-order valence-electron chi connectivity index (χ4n) is 1.40. The maximum Gasteiger partial charge on any atom is 0.320 e. The van der Waals surface area contributed by atoms with Crippen LogP contribution in [0.15, 0.2) is 30.7 Å². The summed E-state index contributed by atoms with van der Waals surface area (Å²) >= 11 is 0. The number of rotatable bonds is 3. The standard InChI is InChI=1S/C10H9N5O3/c1-14-6-8(15(17)18)9(13-14)10(16)12-7-2-4-11-5-3-7/h2-6H,1H3,(H,11,12,16). The summed E-state index contributed by atoms with van der Waals surface area (Å²) in [5.41, 5.74) is -0.0571. The van der Waals surface area contributed by atoms with Crippen LogP contribution in [0, 0.1) is 10.1 Å². The van der Waals surface area contributed by atoms with E-state index in [0.29, 0.717) is 5.69 Å². The lowest BCUT2D eigenvalue weighted by Gasteiger charge is -2.01. The van der Waals surface area contributed by atoms with Gasteiger partial charge in [-0.2, -0.15) is 5.10 Å². The number of aryl methyl sites for hydroxylation is 1. The minimum absolute atomic E-state index is 0.223. The topological polar surface area (TPSA) is 103 Å². The molecule has 0 fully saturated rings. The second kappa shape index (κ2) is 4.62. The van der Waals surface area contributed by atoms with E-state index in [1.807, 2.05) is 0 Å². The Morgan fingerprint density at radius 3 is 2.72 bits per heavy atom. The Labute approximate surface area is 101 Å². The number of hydrogen-bond donors (Lipinski definition) is 1. The van der Waals surface area contributed by atoms with Crippen molar-refractivity contribution in [1.82, 2.24) is 14.8 Å². The van der Waals surface area contributed by atoms with Crippen molar-refractivity contribution in [3.05, 3.63) is 46.5 Å². The van der Waals surface area contributed by atoms with E-state index in [4.69, 9.17) is 0 Å². The Morgan fingerprint density at radius 2 is 2.11 bits per heavy atom. The number of pyridine rings is 1. The highest BCUT2D eigenvalue weighted by atomic mass is 16.6. The number of aromatic nitrogens is 3. The number of nitro groups is 1. The Morgan fingerprint density at radius 1 is 1.44 bits per heavy atom. The van der Waals surface area contributed by atoms with Gasteiger partial charge in [-0.25, -0.2) is 0 Å². The molecule has 0 spiro atoms. The zero-order valence-corrected chi connectivity index (χ0v) is 9.40. The molecule has 92 valence electrons. The zero-order valence-electron chi connectivity index (χ0n) is 9.40. The number of hydrogen-bond acceptors (Lipinski definition) is 5. The van der Waals surface area contributed by atoms with Crippen molar-refractivity contribution < 1.29 is 9.72 Å². The quantitative estimate of drug-likeness (QED) is 0.643. The average molecular weight is 247 g/mol. The first kappa shape index (κ1) is 11.7. The molecule has 0 aliphatic rings. The van der Waals surface area contributed by atoms with Gasteiger partial charge in [0.15, 0.2) is 0 Å². The number of carbonyl (C=O) groups excluding carboxylic acids is 1. The molecule has 0 unspecified atom stereocenters. The van der Waals surface area contributed by atoms with E-state index in [-0.39, 0.29) is 11.4 Å². The number of nitrogens with one attached hydrogen (secondary N) is 1. The SMILES string of the molecule is Cn1cc([N+](=O)[O-])c(C(=O)Nc2ccncc2)n1. The zero-order chi connectivity index (χ0) is 13.1. The van der Waals surface area contributed by atoms with Gasteiger partial charge in [-0.3, -0.25) is 24.6 Å². The molecule has 8 nitrogen and oxygen atoms in total. The predicted octanol–water partition coefficient (Wildman–Crippen LogP) is 0.976. The number of carbonyl (C=O) groups is 1. The minimum Gasteiger partial charge on any atom is -0.320 e. The molecule has 0 atom stereocenters. The van der Waals surface area contributed by atoms with Gasteiger partial charge in [0.1, 0.15) is 6.20 Å². The van der Waals surface area contributed by atoms with Crippen LogP contribution in [0.1, 0.15) is 10.5 Å². The average Bonchev–Trinajstić information content (AvgIpc) is 2.73. The molecule has 0 bridgehead atoms. The Bertz CT molecular complexity index is 593. The van der Waals surface area contributed by atoms with Gasteiger partial charge in [0.2, 0.25) is 5.69 Å². The van der Waals surface area contributed by atoms with Crippen LogP contribution in [0.3, 0.4) is 0 Å². The fourth-order valence-corrected chi connectivity index (χ4v) is 1.40. The molecular formula is C10H9N5O3. The summed E-state index contributed by atoms with van der Waals surface area (Å²) in [7, 11) is 1.51. The largest absolute Gasteiger partial charge is 0.320 e. The van der Waals surface area contributed by atoms with Crippen molar-refractivity contribution in [3.8, 4) is 0 Å². The lowest BCUT2D eigenvalue weighted by Crippen LogP contribution is -2.14. The van der Waals surface area contributed by atoms with Crippen molar-refractivity contribution in [2.24, 2.45) is 7.05 Å². The molecule has 8 heteroatoms. The highest BCUT2D eigenvalue weighted by Gasteiger charge is 2.24. The third kappa shape index (κ3) is 2.32. The third-order valence-electron chi connectivity index (χ3n) is 2.16. The molecule has 0 saturated heterocycles. The summed E-state index contributed by atoms with van der Waals surface area (Å²) in [5, 5.41) is 17.0. The number of amides is 1. The molecule has 0 aromatic carbocycles. The Hall–Kier alpha value is -2.77. The molecule has 0 aliphatic carbocycles. The highest BCUT2D eigenvalue weighted by Crippen LogP contribution is 2.17. The van der Waals surface area contributed by atoms with E-state index in [9.17, 15) is 14.9 Å². The molecule has 1 N–H and O–H groups in total. The second-order valence-corrected chi connectivity index (χ2v) is 3.48. The van der Waals surface area contributed by atoms with E-state index in [1.54, 1.807) is 12.1 Å².